The molecule has 0 unspecified atom stereocenters. The average Bonchev–Trinajstić information content (AvgIpc) is 3.10. The summed E-state index contributed by atoms with van der Waals surface area (Å²) in [5, 5.41) is 10.6. The zero-order valence-electron chi connectivity index (χ0n) is 10.9. The van der Waals surface area contributed by atoms with Crippen LogP contribution in [0.25, 0.3) is 0 Å². The summed E-state index contributed by atoms with van der Waals surface area (Å²) in [4.78, 5) is 22.3. The second-order valence-corrected chi connectivity index (χ2v) is 5.78. The van der Waals surface area contributed by atoms with Crippen molar-refractivity contribution >= 4 is 23.7 Å². The van der Waals surface area contributed by atoms with E-state index >= 15 is 0 Å². The number of rotatable bonds is 5. The molecule has 0 saturated heterocycles. The van der Waals surface area contributed by atoms with Crippen molar-refractivity contribution in [3.05, 3.63) is 5.82 Å². The van der Waals surface area contributed by atoms with Crippen molar-refractivity contribution in [1.29, 1.82) is 0 Å². The Bertz CT molecular complexity index is 497. The number of carbonyl (C=O) groups is 2. The van der Waals surface area contributed by atoms with Crippen LogP contribution in [-0.2, 0) is 11.3 Å². The molecule has 8 heteroatoms. The average molecular weight is 283 g/mol. The molecule has 1 aliphatic rings. The molecule has 1 aromatic rings. The van der Waals surface area contributed by atoms with E-state index in [0.29, 0.717) is 11.1 Å². The summed E-state index contributed by atoms with van der Waals surface area (Å²) in [7, 11) is 0. The Hall–Kier alpha value is -1.57. The van der Waals surface area contributed by atoms with Crippen LogP contribution < -0.4 is 11.1 Å². The number of aromatic nitrogens is 3. The molecule has 0 aliphatic heterocycles. The van der Waals surface area contributed by atoms with Gasteiger partial charge in [0, 0.05) is 12.5 Å². The Morgan fingerprint density at radius 2 is 2.21 bits per heavy atom. The third kappa shape index (κ3) is 3.25. The standard InChI is InChI=1S/C11H17N5O2S/c1-3-16-8(7-4-5-7)14-15-11(16)19-6(2)9(17)13-10(12)18/h6-7H,3-5H2,1-2H3,(H3,12,13,17,18)/t6-/m1/s1. The minimum absolute atomic E-state index is 0.420. The van der Waals surface area contributed by atoms with Crippen LogP contribution in [0, 0.1) is 0 Å². The van der Waals surface area contributed by atoms with E-state index < -0.39 is 17.2 Å². The lowest BCUT2D eigenvalue weighted by atomic mass is 10.4. The number of primary amides is 1. The van der Waals surface area contributed by atoms with Crippen molar-refractivity contribution in [2.75, 3.05) is 0 Å². The molecule has 1 fully saturated rings. The van der Waals surface area contributed by atoms with E-state index in [2.05, 4.69) is 15.5 Å². The molecular formula is C11H17N5O2S. The number of hydrogen-bond acceptors (Lipinski definition) is 5. The molecule has 0 spiro atoms. The monoisotopic (exact) mass is 283 g/mol. The van der Waals surface area contributed by atoms with Crippen molar-refractivity contribution in [3.8, 4) is 0 Å². The highest BCUT2D eigenvalue weighted by Gasteiger charge is 2.30. The number of nitrogens with one attached hydrogen (secondary N) is 1. The Balaban J connectivity index is 2.06. The van der Waals surface area contributed by atoms with E-state index in [1.165, 1.54) is 11.8 Å². The number of hydrogen-bond donors (Lipinski definition) is 2. The largest absolute Gasteiger partial charge is 0.351 e. The Morgan fingerprint density at radius 1 is 1.53 bits per heavy atom. The van der Waals surface area contributed by atoms with Gasteiger partial charge in [0.05, 0.1) is 5.25 Å². The number of thioether (sulfide) groups is 1. The van der Waals surface area contributed by atoms with Crippen LogP contribution in [0.3, 0.4) is 0 Å². The van der Waals surface area contributed by atoms with Gasteiger partial charge < -0.3 is 10.3 Å². The van der Waals surface area contributed by atoms with Crippen molar-refractivity contribution in [3.63, 3.8) is 0 Å². The highest BCUT2D eigenvalue weighted by atomic mass is 32.2. The summed E-state index contributed by atoms with van der Waals surface area (Å²) >= 11 is 1.28. The fraction of sp³-hybridized carbons (Fsp3) is 0.636. The molecule has 2 rings (SSSR count). The predicted octanol–water partition coefficient (Wildman–Crippen LogP) is 0.851. The maximum Gasteiger partial charge on any atom is 0.318 e. The van der Waals surface area contributed by atoms with Gasteiger partial charge >= 0.3 is 6.03 Å². The molecule has 3 amide bonds. The molecule has 7 nitrogen and oxygen atoms in total. The quantitative estimate of drug-likeness (QED) is 0.780. The van der Waals surface area contributed by atoms with Crippen LogP contribution in [0.15, 0.2) is 5.16 Å². The van der Waals surface area contributed by atoms with Crippen LogP contribution in [0.4, 0.5) is 4.79 Å². The first-order valence-corrected chi connectivity index (χ1v) is 7.11. The lowest BCUT2D eigenvalue weighted by Gasteiger charge is -2.11. The number of nitrogens with zero attached hydrogens (tertiary/aromatic N) is 3. The summed E-state index contributed by atoms with van der Waals surface area (Å²) in [5.74, 6) is 1.08. The molecule has 1 saturated carbocycles. The van der Waals surface area contributed by atoms with E-state index in [9.17, 15) is 9.59 Å². The molecule has 104 valence electrons. The first-order chi connectivity index (χ1) is 9.02. The number of carbonyl (C=O) groups excluding carboxylic acids is 2. The van der Waals surface area contributed by atoms with Crippen LogP contribution >= 0.6 is 11.8 Å². The number of urea groups is 1. The van der Waals surface area contributed by atoms with Gasteiger partial charge in [0.25, 0.3) is 0 Å². The second kappa shape index (κ2) is 5.60. The van der Waals surface area contributed by atoms with Crippen molar-refractivity contribution < 1.29 is 9.59 Å². The van der Waals surface area contributed by atoms with Crippen molar-refractivity contribution in [2.24, 2.45) is 5.73 Å². The summed E-state index contributed by atoms with van der Waals surface area (Å²) in [6, 6.07) is -0.840. The lowest BCUT2D eigenvalue weighted by Crippen LogP contribution is -2.39. The number of nitrogens with two attached hydrogens (primary N) is 1. The van der Waals surface area contributed by atoms with Gasteiger partial charge in [-0.25, -0.2) is 4.79 Å². The lowest BCUT2D eigenvalue weighted by molar-refractivity contribution is -0.119. The molecule has 3 N–H and O–H groups in total. The summed E-state index contributed by atoms with van der Waals surface area (Å²) in [6.07, 6.45) is 2.31. The van der Waals surface area contributed by atoms with Crippen molar-refractivity contribution in [2.45, 2.75) is 49.6 Å². The van der Waals surface area contributed by atoms with E-state index in [1.807, 2.05) is 11.5 Å². The summed E-state index contributed by atoms with van der Waals surface area (Å²) in [6.45, 7) is 4.49. The molecule has 1 aliphatic carbocycles. The fourth-order valence-electron chi connectivity index (χ4n) is 1.76. The summed E-state index contributed by atoms with van der Waals surface area (Å²) in [5.41, 5.74) is 4.92. The van der Waals surface area contributed by atoms with Crippen LogP contribution in [0.5, 0.6) is 0 Å². The highest BCUT2D eigenvalue weighted by Crippen LogP contribution is 2.40. The first kappa shape index (κ1) is 13.9. The molecule has 1 heterocycles. The van der Waals surface area contributed by atoms with E-state index in [4.69, 9.17) is 5.73 Å². The van der Waals surface area contributed by atoms with Crippen LogP contribution in [0.1, 0.15) is 38.4 Å². The fourth-order valence-corrected chi connectivity index (χ4v) is 2.68. The van der Waals surface area contributed by atoms with Crippen molar-refractivity contribution in [1.82, 2.24) is 20.1 Å². The third-order valence-electron chi connectivity index (χ3n) is 2.90. The van der Waals surface area contributed by atoms with Gasteiger partial charge in [-0.15, -0.1) is 10.2 Å². The molecular weight excluding hydrogens is 266 g/mol. The smallest absolute Gasteiger partial charge is 0.318 e. The van der Waals surface area contributed by atoms with E-state index in [-0.39, 0.29) is 0 Å². The zero-order valence-corrected chi connectivity index (χ0v) is 11.7. The highest BCUT2D eigenvalue weighted by molar-refractivity contribution is 8.00. The van der Waals surface area contributed by atoms with Gasteiger partial charge in [0.1, 0.15) is 5.82 Å². The normalized spacial score (nSPS) is 16.1. The Morgan fingerprint density at radius 3 is 2.74 bits per heavy atom. The van der Waals surface area contributed by atoms with Gasteiger partial charge in [-0.3, -0.25) is 10.1 Å². The molecule has 1 aromatic heterocycles. The zero-order chi connectivity index (χ0) is 14.0. The van der Waals surface area contributed by atoms with E-state index in [0.717, 1.165) is 25.2 Å². The Kier molecular flexibility index (Phi) is 4.08. The second-order valence-electron chi connectivity index (χ2n) is 4.47. The van der Waals surface area contributed by atoms with Gasteiger partial charge in [-0.1, -0.05) is 11.8 Å². The minimum Gasteiger partial charge on any atom is -0.351 e. The molecule has 1 atom stereocenters. The first-order valence-electron chi connectivity index (χ1n) is 6.23. The SMILES string of the molecule is CCn1c(S[C@H](C)C(=O)NC(N)=O)nnc1C1CC1. The number of imide groups is 1. The van der Waals surface area contributed by atoms with Gasteiger partial charge in [-0.2, -0.15) is 0 Å². The van der Waals surface area contributed by atoms with Gasteiger partial charge in [-0.05, 0) is 26.7 Å². The minimum atomic E-state index is -0.840. The van der Waals surface area contributed by atoms with E-state index in [1.54, 1.807) is 6.92 Å². The Labute approximate surface area is 115 Å². The predicted molar refractivity (Wildman–Crippen MR) is 70.7 cm³/mol. The summed E-state index contributed by atoms with van der Waals surface area (Å²) < 4.78 is 2.02. The van der Waals surface area contributed by atoms with Gasteiger partial charge in [0.15, 0.2) is 5.16 Å². The maximum atomic E-state index is 11.6. The van der Waals surface area contributed by atoms with Crippen LogP contribution in [-0.4, -0.2) is 32.0 Å². The maximum absolute atomic E-state index is 11.6. The van der Waals surface area contributed by atoms with Crippen LogP contribution in [0.2, 0.25) is 0 Å². The topological polar surface area (TPSA) is 103 Å². The molecule has 0 radical (unpaired) electrons. The molecule has 0 bridgehead atoms. The molecule has 0 aromatic carbocycles. The number of amides is 3. The molecule has 19 heavy (non-hydrogen) atoms. The third-order valence-corrected chi connectivity index (χ3v) is 3.98. The van der Waals surface area contributed by atoms with Gasteiger partial charge in [0.2, 0.25) is 5.91 Å².